The van der Waals surface area contributed by atoms with Gasteiger partial charge in [-0.05, 0) is 48.6 Å². The van der Waals surface area contributed by atoms with Crippen molar-refractivity contribution in [2.45, 2.75) is 0 Å². The average molecular weight is 295 g/mol. The molecule has 0 aliphatic carbocycles. The van der Waals surface area contributed by atoms with Crippen LogP contribution in [0.5, 0.6) is 0 Å². The van der Waals surface area contributed by atoms with E-state index in [1.165, 1.54) is 6.07 Å². The van der Waals surface area contributed by atoms with E-state index in [9.17, 15) is 4.39 Å². The van der Waals surface area contributed by atoms with E-state index in [1.54, 1.807) is 12.3 Å². The summed E-state index contributed by atoms with van der Waals surface area (Å²) < 4.78 is 16.2. The zero-order chi connectivity index (χ0) is 14.4. The maximum atomic E-state index is 13.8. The molecule has 0 amide bonds. The number of pyridine rings is 1. The Labute approximate surface area is 124 Å². The molecule has 2 aromatic heterocycles. The minimum atomic E-state index is -0.306. The summed E-state index contributed by atoms with van der Waals surface area (Å²) in [4.78, 5) is 7.23. The number of H-pyrrole nitrogens is 1. The number of halogens is 1. The average Bonchev–Trinajstić information content (AvgIpc) is 2.84. The largest absolute Gasteiger partial charge is 0.328 e. The fourth-order valence-electron chi connectivity index (χ4n) is 2.55. The van der Waals surface area contributed by atoms with E-state index in [2.05, 4.69) is 9.97 Å². The maximum absolute atomic E-state index is 13.8. The zero-order valence-corrected chi connectivity index (χ0v) is 11.7. The summed E-state index contributed by atoms with van der Waals surface area (Å²) in [6.07, 6.45) is 1.76. The molecular weight excluding hydrogens is 285 g/mol. The molecule has 2 aromatic carbocycles. The number of para-hydroxylation sites is 1. The Bertz CT molecular complexity index is 1030. The molecule has 21 heavy (non-hydrogen) atoms. The molecule has 0 saturated heterocycles. The van der Waals surface area contributed by atoms with Crippen molar-refractivity contribution in [1.82, 2.24) is 14.5 Å². The van der Waals surface area contributed by atoms with Crippen LogP contribution in [0.1, 0.15) is 0 Å². The first kappa shape index (κ1) is 12.2. The van der Waals surface area contributed by atoms with Gasteiger partial charge in [-0.15, -0.1) is 0 Å². The minimum absolute atomic E-state index is 0.306. The third kappa shape index (κ3) is 1.86. The Morgan fingerprint density at radius 1 is 1.10 bits per heavy atom. The van der Waals surface area contributed by atoms with Gasteiger partial charge in [0, 0.05) is 17.3 Å². The second-order valence-corrected chi connectivity index (χ2v) is 5.17. The number of hydrogen-bond donors (Lipinski definition) is 1. The molecule has 0 aliphatic heterocycles. The number of nitrogens with one attached hydrogen (secondary N) is 1. The van der Waals surface area contributed by atoms with Crippen molar-refractivity contribution in [2.24, 2.45) is 0 Å². The van der Waals surface area contributed by atoms with Gasteiger partial charge in [0.2, 0.25) is 0 Å². The van der Waals surface area contributed by atoms with Crippen LogP contribution in [-0.4, -0.2) is 14.5 Å². The lowest BCUT2D eigenvalue weighted by Crippen LogP contribution is -1.94. The normalized spacial score (nSPS) is 11.3. The van der Waals surface area contributed by atoms with Crippen molar-refractivity contribution in [1.29, 1.82) is 0 Å². The molecule has 0 unspecified atom stereocenters. The van der Waals surface area contributed by atoms with Crippen LogP contribution in [0.15, 0.2) is 54.7 Å². The van der Waals surface area contributed by atoms with E-state index >= 15 is 0 Å². The van der Waals surface area contributed by atoms with Gasteiger partial charge in [0.1, 0.15) is 11.3 Å². The molecule has 0 spiro atoms. The van der Waals surface area contributed by atoms with Gasteiger partial charge in [0.05, 0.1) is 11.0 Å². The smallest absolute Gasteiger partial charge is 0.182 e. The van der Waals surface area contributed by atoms with E-state index in [-0.39, 0.29) is 5.82 Å². The van der Waals surface area contributed by atoms with Gasteiger partial charge in [-0.3, -0.25) is 9.55 Å². The predicted octanol–water partition coefficient (Wildman–Crippen LogP) is 4.38. The van der Waals surface area contributed by atoms with Gasteiger partial charge in [-0.1, -0.05) is 12.1 Å². The Morgan fingerprint density at radius 2 is 2.00 bits per heavy atom. The molecule has 2 heterocycles. The van der Waals surface area contributed by atoms with Crippen LogP contribution in [0.4, 0.5) is 4.39 Å². The highest BCUT2D eigenvalue weighted by Crippen LogP contribution is 2.23. The van der Waals surface area contributed by atoms with Crippen LogP contribution < -0.4 is 0 Å². The molecular formula is C16H10FN3S. The van der Waals surface area contributed by atoms with Crippen molar-refractivity contribution >= 4 is 34.2 Å². The molecule has 0 aliphatic rings. The Kier molecular flexibility index (Phi) is 2.62. The van der Waals surface area contributed by atoms with Gasteiger partial charge >= 0.3 is 0 Å². The van der Waals surface area contributed by atoms with Crippen LogP contribution in [0.3, 0.4) is 0 Å². The monoisotopic (exact) mass is 295 g/mol. The highest BCUT2D eigenvalue weighted by atomic mass is 32.1. The van der Waals surface area contributed by atoms with Crippen LogP contribution in [0, 0.1) is 10.6 Å². The molecule has 0 radical (unpaired) electrons. The zero-order valence-electron chi connectivity index (χ0n) is 10.9. The quantitative estimate of drug-likeness (QED) is 0.529. The van der Waals surface area contributed by atoms with Gasteiger partial charge in [0.15, 0.2) is 4.77 Å². The number of imidazole rings is 1. The van der Waals surface area contributed by atoms with Gasteiger partial charge < -0.3 is 4.98 Å². The molecule has 0 fully saturated rings. The molecule has 3 nitrogen and oxygen atoms in total. The topological polar surface area (TPSA) is 33.6 Å². The highest BCUT2D eigenvalue weighted by molar-refractivity contribution is 7.71. The number of fused-ring (bicyclic) bond motifs is 2. The fourth-order valence-corrected chi connectivity index (χ4v) is 2.86. The van der Waals surface area contributed by atoms with Crippen LogP contribution in [-0.2, 0) is 0 Å². The number of rotatable bonds is 1. The number of benzene rings is 2. The first-order valence-corrected chi connectivity index (χ1v) is 6.89. The van der Waals surface area contributed by atoms with E-state index in [4.69, 9.17) is 12.2 Å². The first-order valence-electron chi connectivity index (χ1n) is 6.48. The number of aromatic nitrogens is 3. The summed E-state index contributed by atoms with van der Waals surface area (Å²) in [7, 11) is 0. The number of nitrogens with zero attached hydrogens (tertiary/aromatic N) is 2. The highest BCUT2D eigenvalue weighted by Gasteiger charge is 2.10. The number of aromatic amines is 1. The summed E-state index contributed by atoms with van der Waals surface area (Å²) in [5.41, 5.74) is 2.95. The Hall–Kier alpha value is -2.53. The third-order valence-electron chi connectivity index (χ3n) is 3.51. The van der Waals surface area contributed by atoms with Gasteiger partial charge in [0.25, 0.3) is 0 Å². The summed E-state index contributed by atoms with van der Waals surface area (Å²) in [5, 5.41) is 1.02. The Morgan fingerprint density at radius 3 is 2.90 bits per heavy atom. The van der Waals surface area contributed by atoms with Crippen molar-refractivity contribution < 1.29 is 4.39 Å². The van der Waals surface area contributed by atoms with Crippen molar-refractivity contribution in [3.8, 4) is 5.69 Å². The van der Waals surface area contributed by atoms with Crippen molar-refractivity contribution in [3.05, 3.63) is 65.3 Å². The van der Waals surface area contributed by atoms with E-state index in [0.29, 0.717) is 10.3 Å². The van der Waals surface area contributed by atoms with Crippen molar-refractivity contribution in [2.75, 3.05) is 0 Å². The first-order chi connectivity index (χ1) is 10.2. The lowest BCUT2D eigenvalue weighted by molar-refractivity contribution is 0.637. The molecule has 4 rings (SSSR count). The van der Waals surface area contributed by atoms with E-state index in [0.717, 1.165) is 22.1 Å². The summed E-state index contributed by atoms with van der Waals surface area (Å²) in [6, 6.07) is 14.7. The minimum Gasteiger partial charge on any atom is -0.328 e. The molecule has 0 atom stereocenters. The molecule has 5 heteroatoms. The van der Waals surface area contributed by atoms with Crippen molar-refractivity contribution in [3.63, 3.8) is 0 Å². The molecule has 1 N–H and O–H groups in total. The lowest BCUT2D eigenvalue weighted by atomic mass is 10.2. The summed E-state index contributed by atoms with van der Waals surface area (Å²) >= 11 is 5.34. The van der Waals surface area contributed by atoms with Gasteiger partial charge in [-0.2, -0.15) is 0 Å². The maximum Gasteiger partial charge on any atom is 0.182 e. The van der Waals surface area contributed by atoms with E-state index in [1.807, 2.05) is 41.0 Å². The van der Waals surface area contributed by atoms with Crippen LogP contribution in [0.25, 0.3) is 27.6 Å². The molecule has 0 bridgehead atoms. The fraction of sp³-hybridized carbons (Fsp3) is 0. The standard InChI is InChI=1S/C16H10FN3S/c17-12-4-1-5-14-15(12)19-16(21)20(14)11-6-7-13-10(9-11)3-2-8-18-13/h1-9H,(H,19,21). The summed E-state index contributed by atoms with van der Waals surface area (Å²) in [6.45, 7) is 0. The van der Waals surface area contributed by atoms with Crippen LogP contribution >= 0.6 is 12.2 Å². The summed E-state index contributed by atoms with van der Waals surface area (Å²) in [5.74, 6) is -0.306. The predicted molar refractivity (Wildman–Crippen MR) is 83.7 cm³/mol. The van der Waals surface area contributed by atoms with Gasteiger partial charge in [-0.25, -0.2) is 4.39 Å². The molecule has 4 aromatic rings. The molecule has 0 saturated carbocycles. The Balaban J connectivity index is 2.06. The lowest BCUT2D eigenvalue weighted by Gasteiger charge is -2.06. The SMILES string of the molecule is Fc1cccc2c1[nH]c(=S)n2-c1ccc2ncccc2c1. The second-order valence-electron chi connectivity index (χ2n) is 4.78. The van der Waals surface area contributed by atoms with E-state index < -0.39 is 0 Å². The molecule has 102 valence electrons. The number of hydrogen-bond acceptors (Lipinski definition) is 2. The second kappa shape index (κ2) is 4.49. The van der Waals surface area contributed by atoms with Crippen LogP contribution in [0.2, 0.25) is 0 Å². The third-order valence-corrected chi connectivity index (χ3v) is 3.80.